The zero-order valence-electron chi connectivity index (χ0n) is 16.8. The molecule has 4 rings (SSSR count). The number of anilines is 2. The Labute approximate surface area is 185 Å². The number of nitrogens with one attached hydrogen (secondary N) is 2. The van der Waals surface area contributed by atoms with Gasteiger partial charge in [-0.25, -0.2) is 0 Å². The molecule has 2 aromatic carbocycles. The summed E-state index contributed by atoms with van der Waals surface area (Å²) in [6.07, 6.45) is 4.34. The highest BCUT2D eigenvalue weighted by molar-refractivity contribution is 9.10. The molecule has 2 N–H and O–H groups in total. The molecule has 0 aromatic heterocycles. The van der Waals surface area contributed by atoms with Crippen molar-refractivity contribution in [2.24, 2.45) is 0 Å². The van der Waals surface area contributed by atoms with E-state index in [1.54, 1.807) is 12.1 Å². The Hall–Kier alpha value is -2.38. The van der Waals surface area contributed by atoms with Crippen molar-refractivity contribution in [2.45, 2.75) is 31.8 Å². The lowest BCUT2D eigenvalue weighted by atomic mass is 10.1. The van der Waals surface area contributed by atoms with Gasteiger partial charge in [-0.15, -0.1) is 0 Å². The van der Waals surface area contributed by atoms with Crippen molar-refractivity contribution in [1.29, 1.82) is 0 Å². The predicted molar refractivity (Wildman–Crippen MR) is 121 cm³/mol. The summed E-state index contributed by atoms with van der Waals surface area (Å²) in [6, 6.07) is 12.8. The molecule has 2 aromatic rings. The number of amides is 2. The van der Waals surface area contributed by atoms with E-state index in [-0.39, 0.29) is 17.9 Å². The van der Waals surface area contributed by atoms with Crippen molar-refractivity contribution in [3.8, 4) is 0 Å². The first-order chi connectivity index (χ1) is 14.6. The van der Waals surface area contributed by atoms with Gasteiger partial charge in [0.1, 0.15) is 0 Å². The maximum Gasteiger partial charge on any atom is 0.256 e. The van der Waals surface area contributed by atoms with Gasteiger partial charge in [-0.05, 0) is 71.9 Å². The quantitative estimate of drug-likeness (QED) is 0.661. The number of nitrogens with zero attached hydrogens (tertiary/aromatic N) is 1. The van der Waals surface area contributed by atoms with E-state index in [1.165, 1.54) is 0 Å². The number of carbonyl (C=O) groups is 2. The van der Waals surface area contributed by atoms with Gasteiger partial charge in [-0.3, -0.25) is 9.59 Å². The fraction of sp³-hybridized carbons (Fsp3) is 0.391. The summed E-state index contributed by atoms with van der Waals surface area (Å²) in [4.78, 5) is 28.0. The molecule has 0 saturated carbocycles. The summed E-state index contributed by atoms with van der Waals surface area (Å²) in [5.74, 6) is -0.355. The molecule has 0 radical (unpaired) electrons. The minimum atomic E-state index is -0.220. The Morgan fingerprint density at radius 3 is 2.57 bits per heavy atom. The first-order valence-electron chi connectivity index (χ1n) is 10.5. The summed E-state index contributed by atoms with van der Waals surface area (Å²) in [5, 5.41) is 5.93. The lowest BCUT2D eigenvalue weighted by Crippen LogP contribution is -2.33. The summed E-state index contributed by atoms with van der Waals surface area (Å²) >= 11 is 3.41. The van der Waals surface area contributed by atoms with Gasteiger partial charge < -0.3 is 20.3 Å². The van der Waals surface area contributed by atoms with Crippen LogP contribution in [0.3, 0.4) is 0 Å². The van der Waals surface area contributed by atoms with Gasteiger partial charge in [0, 0.05) is 42.1 Å². The third kappa shape index (κ3) is 4.84. The topological polar surface area (TPSA) is 70.7 Å². The molecule has 0 spiro atoms. The van der Waals surface area contributed by atoms with E-state index in [2.05, 4.69) is 31.5 Å². The number of halogens is 1. The van der Waals surface area contributed by atoms with Crippen LogP contribution in [0.25, 0.3) is 0 Å². The Bertz CT molecular complexity index is 922. The van der Waals surface area contributed by atoms with Gasteiger partial charge in [0.25, 0.3) is 11.8 Å². The molecule has 0 bridgehead atoms. The highest BCUT2D eigenvalue weighted by Crippen LogP contribution is 2.28. The van der Waals surface area contributed by atoms with Crippen molar-refractivity contribution in [1.82, 2.24) is 5.32 Å². The third-order valence-corrected chi connectivity index (χ3v) is 6.27. The lowest BCUT2D eigenvalue weighted by Gasteiger charge is -2.22. The minimum Gasteiger partial charge on any atom is -0.376 e. The van der Waals surface area contributed by atoms with E-state index in [4.69, 9.17) is 4.74 Å². The van der Waals surface area contributed by atoms with E-state index < -0.39 is 0 Å². The number of hydrogen-bond acceptors (Lipinski definition) is 4. The highest BCUT2D eigenvalue weighted by atomic mass is 79.9. The SMILES string of the molecule is O=C(Nc1ccc(N2CCCC2)c(C(=O)NCC2CCCO2)c1)c1ccccc1Br. The van der Waals surface area contributed by atoms with E-state index >= 15 is 0 Å². The molecular formula is C23H26BrN3O3. The smallest absolute Gasteiger partial charge is 0.256 e. The van der Waals surface area contributed by atoms with Crippen molar-refractivity contribution in [3.05, 3.63) is 58.1 Å². The maximum absolute atomic E-state index is 13.0. The van der Waals surface area contributed by atoms with Crippen LogP contribution in [0.4, 0.5) is 11.4 Å². The Morgan fingerprint density at radius 1 is 1.03 bits per heavy atom. The molecule has 2 saturated heterocycles. The monoisotopic (exact) mass is 471 g/mol. The van der Waals surface area contributed by atoms with Crippen LogP contribution in [0.5, 0.6) is 0 Å². The molecule has 1 atom stereocenters. The fourth-order valence-corrected chi connectivity index (χ4v) is 4.45. The molecule has 2 aliphatic rings. The van der Waals surface area contributed by atoms with Crippen LogP contribution in [0, 0.1) is 0 Å². The molecule has 2 aliphatic heterocycles. The molecule has 2 fully saturated rings. The molecule has 7 heteroatoms. The molecule has 0 aliphatic carbocycles. The fourth-order valence-electron chi connectivity index (χ4n) is 3.98. The maximum atomic E-state index is 13.0. The molecule has 30 heavy (non-hydrogen) atoms. The van der Waals surface area contributed by atoms with Gasteiger partial charge >= 0.3 is 0 Å². The summed E-state index contributed by atoms with van der Waals surface area (Å²) in [7, 11) is 0. The Morgan fingerprint density at radius 2 is 1.83 bits per heavy atom. The van der Waals surface area contributed by atoms with Gasteiger partial charge in [-0.1, -0.05) is 12.1 Å². The molecule has 6 nitrogen and oxygen atoms in total. The molecule has 2 heterocycles. The van der Waals surface area contributed by atoms with Crippen LogP contribution in [0.1, 0.15) is 46.4 Å². The van der Waals surface area contributed by atoms with Gasteiger partial charge in [0.05, 0.1) is 17.2 Å². The zero-order chi connectivity index (χ0) is 20.9. The normalized spacial score (nSPS) is 18.4. The number of rotatable bonds is 6. The van der Waals surface area contributed by atoms with Crippen molar-refractivity contribution < 1.29 is 14.3 Å². The summed E-state index contributed by atoms with van der Waals surface area (Å²) < 4.78 is 6.35. The Kier molecular flexibility index (Phi) is 6.69. The minimum absolute atomic E-state index is 0.0857. The van der Waals surface area contributed by atoms with E-state index in [0.29, 0.717) is 23.4 Å². The standard InChI is InChI=1S/C23H26BrN3O3/c24-20-8-2-1-7-18(20)23(29)26-16-9-10-21(27-11-3-4-12-27)19(14-16)22(28)25-15-17-6-5-13-30-17/h1-2,7-10,14,17H,3-6,11-13,15H2,(H,25,28)(H,26,29). The Balaban J connectivity index is 1.54. The van der Waals surface area contributed by atoms with Crippen LogP contribution in [-0.2, 0) is 4.74 Å². The van der Waals surface area contributed by atoms with Crippen LogP contribution in [0.2, 0.25) is 0 Å². The van der Waals surface area contributed by atoms with Crippen LogP contribution in [-0.4, -0.2) is 44.2 Å². The highest BCUT2D eigenvalue weighted by Gasteiger charge is 2.22. The molecule has 2 amide bonds. The summed E-state index contributed by atoms with van der Waals surface area (Å²) in [5.41, 5.74) is 2.64. The van der Waals surface area contributed by atoms with Crippen LogP contribution < -0.4 is 15.5 Å². The second kappa shape index (κ2) is 9.62. The van der Waals surface area contributed by atoms with Crippen LogP contribution in [0.15, 0.2) is 46.9 Å². The number of carbonyl (C=O) groups excluding carboxylic acids is 2. The molecular weight excluding hydrogens is 446 g/mol. The van der Waals surface area contributed by atoms with Gasteiger partial charge in [0.15, 0.2) is 0 Å². The first-order valence-corrected chi connectivity index (χ1v) is 11.3. The zero-order valence-corrected chi connectivity index (χ0v) is 18.4. The van der Waals surface area contributed by atoms with Crippen LogP contribution >= 0.6 is 15.9 Å². The van der Waals surface area contributed by atoms with E-state index in [1.807, 2.05) is 30.3 Å². The van der Waals surface area contributed by atoms with Crippen molar-refractivity contribution in [3.63, 3.8) is 0 Å². The average Bonchev–Trinajstić information content (AvgIpc) is 3.46. The van der Waals surface area contributed by atoms with Gasteiger partial charge in [-0.2, -0.15) is 0 Å². The largest absolute Gasteiger partial charge is 0.376 e. The third-order valence-electron chi connectivity index (χ3n) is 5.58. The van der Waals surface area contributed by atoms with E-state index in [9.17, 15) is 9.59 Å². The molecule has 1 unspecified atom stereocenters. The average molecular weight is 472 g/mol. The van der Waals surface area contributed by atoms with Gasteiger partial charge in [0.2, 0.25) is 0 Å². The predicted octanol–water partition coefficient (Wildman–Crippen LogP) is 4.21. The number of hydrogen-bond donors (Lipinski definition) is 2. The van der Waals surface area contributed by atoms with Crippen molar-refractivity contribution in [2.75, 3.05) is 36.5 Å². The number of benzene rings is 2. The lowest BCUT2D eigenvalue weighted by molar-refractivity contribution is 0.0858. The van der Waals surface area contributed by atoms with E-state index in [0.717, 1.165) is 55.5 Å². The number of ether oxygens (including phenoxy) is 1. The van der Waals surface area contributed by atoms with Crippen molar-refractivity contribution >= 4 is 39.1 Å². The summed E-state index contributed by atoms with van der Waals surface area (Å²) in [6.45, 7) is 3.14. The second-order valence-corrected chi connectivity index (χ2v) is 8.56. The second-order valence-electron chi connectivity index (χ2n) is 7.71. The first kappa shape index (κ1) is 20.9. The molecule has 158 valence electrons.